The lowest BCUT2D eigenvalue weighted by Gasteiger charge is -2.08. The Bertz CT molecular complexity index is 101. The summed E-state index contributed by atoms with van der Waals surface area (Å²) >= 11 is 0. The smallest absolute Gasteiger partial charge is 0.305 e. The Balaban J connectivity index is 3.25. The van der Waals surface area contributed by atoms with Crippen LogP contribution in [-0.2, 0) is 9.53 Å². The number of ether oxygens (including phenoxy) is 1. The van der Waals surface area contributed by atoms with E-state index in [-0.39, 0.29) is 12.5 Å². The standard InChI is InChI=1S/C7H14O3/c1-3-4-10-6(2)5-7(8)9/h6H,3-5H2,1-2H3,(H,8,9). The molecule has 0 saturated heterocycles. The zero-order chi connectivity index (χ0) is 7.98. The molecule has 0 aliphatic heterocycles. The maximum Gasteiger partial charge on any atom is 0.305 e. The molecule has 0 aliphatic rings. The summed E-state index contributed by atoms with van der Waals surface area (Å²) in [5.41, 5.74) is 0. The molecule has 0 rings (SSSR count). The van der Waals surface area contributed by atoms with Gasteiger partial charge >= 0.3 is 5.97 Å². The summed E-state index contributed by atoms with van der Waals surface area (Å²) in [4.78, 5) is 10.1. The van der Waals surface area contributed by atoms with Crippen LogP contribution in [0.1, 0.15) is 26.7 Å². The lowest BCUT2D eigenvalue weighted by atomic mass is 10.3. The van der Waals surface area contributed by atoms with Gasteiger partial charge in [0.1, 0.15) is 0 Å². The fourth-order valence-corrected chi connectivity index (χ4v) is 0.624. The zero-order valence-corrected chi connectivity index (χ0v) is 6.46. The van der Waals surface area contributed by atoms with Crippen LogP contribution in [0.15, 0.2) is 0 Å². The molecule has 0 spiro atoms. The van der Waals surface area contributed by atoms with Crippen molar-refractivity contribution in [3.8, 4) is 0 Å². The van der Waals surface area contributed by atoms with Crippen LogP contribution in [0.5, 0.6) is 0 Å². The minimum atomic E-state index is -0.802. The molecule has 0 fully saturated rings. The van der Waals surface area contributed by atoms with Crippen molar-refractivity contribution in [2.24, 2.45) is 0 Å². The topological polar surface area (TPSA) is 46.5 Å². The Morgan fingerprint density at radius 1 is 1.70 bits per heavy atom. The number of hydrogen-bond donors (Lipinski definition) is 1. The number of hydrogen-bond acceptors (Lipinski definition) is 2. The molecule has 60 valence electrons. The molecule has 0 aromatic heterocycles. The molecule has 0 radical (unpaired) electrons. The number of carboxylic acid groups (broad SMARTS) is 1. The average Bonchev–Trinajstić information content (AvgIpc) is 1.82. The second-order valence-electron chi connectivity index (χ2n) is 2.28. The second kappa shape index (κ2) is 5.23. The van der Waals surface area contributed by atoms with E-state index in [0.29, 0.717) is 6.61 Å². The van der Waals surface area contributed by atoms with Crippen LogP contribution in [0, 0.1) is 0 Å². The molecular weight excluding hydrogens is 132 g/mol. The highest BCUT2D eigenvalue weighted by atomic mass is 16.5. The lowest BCUT2D eigenvalue weighted by Crippen LogP contribution is -2.13. The molecule has 0 bridgehead atoms. The maximum absolute atomic E-state index is 10.1. The monoisotopic (exact) mass is 146 g/mol. The quantitative estimate of drug-likeness (QED) is 0.635. The van der Waals surface area contributed by atoms with Gasteiger partial charge in [-0.3, -0.25) is 4.79 Å². The van der Waals surface area contributed by atoms with Crippen molar-refractivity contribution in [2.45, 2.75) is 32.8 Å². The summed E-state index contributed by atoms with van der Waals surface area (Å²) in [6.07, 6.45) is 0.877. The highest BCUT2D eigenvalue weighted by molar-refractivity contribution is 5.67. The first kappa shape index (κ1) is 9.43. The van der Waals surface area contributed by atoms with Crippen molar-refractivity contribution in [1.29, 1.82) is 0 Å². The Morgan fingerprint density at radius 2 is 2.30 bits per heavy atom. The van der Waals surface area contributed by atoms with Gasteiger partial charge in [0.25, 0.3) is 0 Å². The van der Waals surface area contributed by atoms with Crippen molar-refractivity contribution < 1.29 is 14.6 Å². The Kier molecular flexibility index (Phi) is 4.94. The molecule has 10 heavy (non-hydrogen) atoms. The highest BCUT2D eigenvalue weighted by Gasteiger charge is 2.05. The summed E-state index contributed by atoms with van der Waals surface area (Å²) in [5, 5.41) is 8.30. The van der Waals surface area contributed by atoms with Gasteiger partial charge in [0.2, 0.25) is 0 Å². The molecule has 1 N–H and O–H groups in total. The van der Waals surface area contributed by atoms with Gasteiger partial charge < -0.3 is 9.84 Å². The number of carboxylic acids is 1. The van der Waals surface area contributed by atoms with Gasteiger partial charge in [-0.05, 0) is 13.3 Å². The van der Waals surface area contributed by atoms with E-state index in [0.717, 1.165) is 6.42 Å². The molecular formula is C7H14O3. The maximum atomic E-state index is 10.1. The first-order chi connectivity index (χ1) is 4.66. The zero-order valence-electron chi connectivity index (χ0n) is 6.46. The SMILES string of the molecule is CCCOC(C)CC(=O)O. The summed E-state index contributed by atoms with van der Waals surface area (Å²) in [7, 11) is 0. The van der Waals surface area contributed by atoms with Gasteiger partial charge in [0.15, 0.2) is 0 Å². The molecule has 3 heteroatoms. The molecule has 0 aromatic rings. The molecule has 0 heterocycles. The Hall–Kier alpha value is -0.570. The van der Waals surface area contributed by atoms with Crippen molar-refractivity contribution in [2.75, 3.05) is 6.61 Å². The van der Waals surface area contributed by atoms with Crippen molar-refractivity contribution in [3.05, 3.63) is 0 Å². The van der Waals surface area contributed by atoms with Gasteiger partial charge in [0.05, 0.1) is 12.5 Å². The van der Waals surface area contributed by atoms with Gasteiger partial charge in [0, 0.05) is 6.61 Å². The lowest BCUT2D eigenvalue weighted by molar-refractivity contribution is -0.139. The van der Waals surface area contributed by atoms with Crippen LogP contribution in [0.3, 0.4) is 0 Å². The Labute approximate surface area is 61.0 Å². The molecule has 3 nitrogen and oxygen atoms in total. The van der Waals surface area contributed by atoms with E-state index in [1.54, 1.807) is 6.92 Å². The van der Waals surface area contributed by atoms with Gasteiger partial charge in [-0.2, -0.15) is 0 Å². The van der Waals surface area contributed by atoms with E-state index in [1.807, 2.05) is 6.92 Å². The third kappa shape index (κ3) is 5.56. The fraction of sp³-hybridized carbons (Fsp3) is 0.857. The van der Waals surface area contributed by atoms with Gasteiger partial charge in [-0.25, -0.2) is 0 Å². The molecule has 0 aromatic carbocycles. The van der Waals surface area contributed by atoms with Crippen molar-refractivity contribution >= 4 is 5.97 Å². The van der Waals surface area contributed by atoms with E-state index in [9.17, 15) is 4.79 Å². The fourth-order valence-electron chi connectivity index (χ4n) is 0.624. The molecule has 0 amide bonds. The second-order valence-corrected chi connectivity index (χ2v) is 2.28. The minimum absolute atomic E-state index is 0.0972. The highest BCUT2D eigenvalue weighted by Crippen LogP contribution is 1.97. The summed E-state index contributed by atoms with van der Waals surface area (Å²) in [6, 6.07) is 0. The normalized spacial score (nSPS) is 13.0. The largest absolute Gasteiger partial charge is 0.481 e. The van der Waals surface area contributed by atoms with Crippen molar-refractivity contribution in [3.63, 3.8) is 0 Å². The van der Waals surface area contributed by atoms with E-state index in [2.05, 4.69) is 0 Å². The Morgan fingerprint density at radius 3 is 2.70 bits per heavy atom. The number of carbonyl (C=O) groups is 1. The van der Waals surface area contributed by atoms with Crippen LogP contribution in [0.2, 0.25) is 0 Å². The van der Waals surface area contributed by atoms with E-state index in [1.165, 1.54) is 0 Å². The predicted molar refractivity (Wildman–Crippen MR) is 38.0 cm³/mol. The third-order valence-electron chi connectivity index (χ3n) is 1.07. The van der Waals surface area contributed by atoms with Crippen LogP contribution in [-0.4, -0.2) is 23.8 Å². The first-order valence-electron chi connectivity index (χ1n) is 3.50. The van der Waals surface area contributed by atoms with Gasteiger partial charge in [-0.1, -0.05) is 6.92 Å². The van der Waals surface area contributed by atoms with E-state index < -0.39 is 5.97 Å². The molecule has 1 unspecified atom stereocenters. The van der Waals surface area contributed by atoms with E-state index >= 15 is 0 Å². The number of rotatable bonds is 5. The van der Waals surface area contributed by atoms with E-state index in [4.69, 9.17) is 9.84 Å². The van der Waals surface area contributed by atoms with Crippen LogP contribution in [0.25, 0.3) is 0 Å². The molecule has 1 atom stereocenters. The van der Waals surface area contributed by atoms with Crippen LogP contribution in [0.4, 0.5) is 0 Å². The predicted octanol–water partition coefficient (Wildman–Crippen LogP) is 1.28. The average molecular weight is 146 g/mol. The first-order valence-corrected chi connectivity index (χ1v) is 3.50. The minimum Gasteiger partial charge on any atom is -0.481 e. The molecule has 0 aliphatic carbocycles. The number of aliphatic carboxylic acids is 1. The van der Waals surface area contributed by atoms with Crippen molar-refractivity contribution in [1.82, 2.24) is 0 Å². The summed E-state index contributed by atoms with van der Waals surface area (Å²) in [6.45, 7) is 4.41. The summed E-state index contributed by atoms with van der Waals surface area (Å²) < 4.78 is 5.12. The summed E-state index contributed by atoms with van der Waals surface area (Å²) in [5.74, 6) is -0.802. The molecule has 0 saturated carbocycles. The van der Waals surface area contributed by atoms with Gasteiger partial charge in [-0.15, -0.1) is 0 Å². The van der Waals surface area contributed by atoms with Crippen LogP contribution >= 0.6 is 0 Å². The third-order valence-corrected chi connectivity index (χ3v) is 1.07. The van der Waals surface area contributed by atoms with Crippen LogP contribution < -0.4 is 0 Å².